The lowest BCUT2D eigenvalue weighted by molar-refractivity contribution is -0.131. The SMILES string of the molecule is CC(=O)Oc1ccc(/C(C)=N\NC(=O)CN2CCN(S(=O)(=O)c3ccc(C)cc3)CC2)cc1. The van der Waals surface area contributed by atoms with Crippen LogP contribution in [0, 0.1) is 6.92 Å². The maximum absolute atomic E-state index is 12.8. The Morgan fingerprint density at radius 1 is 0.970 bits per heavy atom. The third-order valence-corrected chi connectivity index (χ3v) is 7.15. The molecule has 176 valence electrons. The van der Waals surface area contributed by atoms with Gasteiger partial charge in [0.1, 0.15) is 5.75 Å². The summed E-state index contributed by atoms with van der Waals surface area (Å²) < 4.78 is 32.0. The molecule has 1 aliphatic rings. The van der Waals surface area contributed by atoms with E-state index in [-0.39, 0.29) is 17.3 Å². The number of benzene rings is 2. The second kappa shape index (κ2) is 10.7. The average molecular weight is 473 g/mol. The molecular weight excluding hydrogens is 444 g/mol. The predicted molar refractivity (Wildman–Crippen MR) is 124 cm³/mol. The second-order valence-corrected chi connectivity index (χ2v) is 9.78. The van der Waals surface area contributed by atoms with Gasteiger partial charge in [0.05, 0.1) is 17.2 Å². The lowest BCUT2D eigenvalue weighted by Gasteiger charge is -2.33. The summed E-state index contributed by atoms with van der Waals surface area (Å²) in [5, 5.41) is 4.13. The largest absolute Gasteiger partial charge is 0.427 e. The number of aryl methyl sites for hydroxylation is 1. The second-order valence-electron chi connectivity index (χ2n) is 7.84. The van der Waals surface area contributed by atoms with E-state index in [0.29, 0.717) is 37.6 Å². The van der Waals surface area contributed by atoms with Gasteiger partial charge in [-0.15, -0.1) is 0 Å². The molecule has 9 nitrogen and oxygen atoms in total. The van der Waals surface area contributed by atoms with Gasteiger partial charge in [0.25, 0.3) is 5.91 Å². The molecule has 0 aliphatic carbocycles. The summed E-state index contributed by atoms with van der Waals surface area (Å²) in [5.41, 5.74) is 4.92. The molecule has 1 fully saturated rings. The van der Waals surface area contributed by atoms with Crippen molar-refractivity contribution in [2.24, 2.45) is 5.10 Å². The smallest absolute Gasteiger partial charge is 0.308 e. The molecule has 1 N–H and O–H groups in total. The number of carbonyl (C=O) groups excluding carboxylic acids is 2. The summed E-state index contributed by atoms with van der Waals surface area (Å²) in [4.78, 5) is 25.5. The summed E-state index contributed by atoms with van der Waals surface area (Å²) in [6.45, 7) is 6.68. The minimum atomic E-state index is -3.54. The first-order valence-corrected chi connectivity index (χ1v) is 12.0. The lowest BCUT2D eigenvalue weighted by atomic mass is 10.1. The van der Waals surface area contributed by atoms with E-state index in [0.717, 1.165) is 11.1 Å². The zero-order valence-corrected chi connectivity index (χ0v) is 19.8. The van der Waals surface area contributed by atoms with Crippen LogP contribution in [0.2, 0.25) is 0 Å². The zero-order valence-electron chi connectivity index (χ0n) is 18.9. The van der Waals surface area contributed by atoms with Crippen LogP contribution in [0.15, 0.2) is 58.5 Å². The van der Waals surface area contributed by atoms with E-state index in [9.17, 15) is 18.0 Å². The van der Waals surface area contributed by atoms with Gasteiger partial charge in [-0.05, 0) is 55.8 Å². The topological polar surface area (TPSA) is 108 Å². The van der Waals surface area contributed by atoms with Gasteiger partial charge in [0.2, 0.25) is 10.0 Å². The molecule has 0 spiro atoms. The van der Waals surface area contributed by atoms with Gasteiger partial charge in [-0.1, -0.05) is 17.7 Å². The highest BCUT2D eigenvalue weighted by Crippen LogP contribution is 2.18. The zero-order chi connectivity index (χ0) is 24.0. The van der Waals surface area contributed by atoms with Crippen LogP contribution in [0.4, 0.5) is 0 Å². The summed E-state index contributed by atoms with van der Waals surface area (Å²) in [7, 11) is -3.54. The van der Waals surface area contributed by atoms with Crippen LogP contribution in [0.5, 0.6) is 5.75 Å². The van der Waals surface area contributed by atoms with Crippen molar-refractivity contribution in [2.75, 3.05) is 32.7 Å². The van der Waals surface area contributed by atoms with E-state index in [1.165, 1.54) is 11.2 Å². The number of hydrogen-bond acceptors (Lipinski definition) is 7. The Morgan fingerprint density at radius 3 is 2.15 bits per heavy atom. The quantitative estimate of drug-likeness (QED) is 0.285. The first kappa shape index (κ1) is 24.6. The van der Waals surface area contributed by atoms with Gasteiger partial charge >= 0.3 is 5.97 Å². The highest BCUT2D eigenvalue weighted by Gasteiger charge is 2.28. The molecule has 2 aromatic rings. The van der Waals surface area contributed by atoms with Gasteiger partial charge in [-0.25, -0.2) is 13.8 Å². The Morgan fingerprint density at radius 2 is 1.58 bits per heavy atom. The molecule has 33 heavy (non-hydrogen) atoms. The normalized spacial score (nSPS) is 15.8. The molecule has 10 heteroatoms. The van der Waals surface area contributed by atoms with Crippen LogP contribution in [-0.2, 0) is 19.6 Å². The molecule has 0 saturated carbocycles. The first-order chi connectivity index (χ1) is 15.6. The summed E-state index contributed by atoms with van der Waals surface area (Å²) in [6, 6.07) is 13.6. The fourth-order valence-electron chi connectivity index (χ4n) is 3.37. The number of rotatable bonds is 7. The first-order valence-electron chi connectivity index (χ1n) is 10.6. The number of nitrogens with one attached hydrogen (secondary N) is 1. The molecule has 0 radical (unpaired) electrons. The van der Waals surface area contributed by atoms with Crippen molar-refractivity contribution in [3.8, 4) is 5.75 Å². The van der Waals surface area contributed by atoms with Crippen molar-refractivity contribution in [3.63, 3.8) is 0 Å². The number of piperazine rings is 1. The van der Waals surface area contributed by atoms with Crippen LogP contribution in [0.1, 0.15) is 25.0 Å². The van der Waals surface area contributed by atoms with Crippen molar-refractivity contribution in [1.82, 2.24) is 14.6 Å². The molecule has 0 unspecified atom stereocenters. The summed E-state index contributed by atoms with van der Waals surface area (Å²) in [5.74, 6) is -0.235. The summed E-state index contributed by atoms with van der Waals surface area (Å²) in [6.07, 6.45) is 0. The fraction of sp³-hybridized carbons (Fsp3) is 0.348. The summed E-state index contributed by atoms with van der Waals surface area (Å²) >= 11 is 0. The maximum atomic E-state index is 12.8. The molecule has 3 rings (SSSR count). The Bertz CT molecular complexity index is 1120. The van der Waals surface area contributed by atoms with Gasteiger partial charge in [0.15, 0.2) is 0 Å². The number of hydrogen-bond donors (Lipinski definition) is 1. The molecule has 2 aromatic carbocycles. The monoisotopic (exact) mass is 472 g/mol. The number of ether oxygens (including phenoxy) is 1. The van der Waals surface area contributed by atoms with Gasteiger partial charge in [0, 0.05) is 33.1 Å². The van der Waals surface area contributed by atoms with E-state index >= 15 is 0 Å². The fourth-order valence-corrected chi connectivity index (χ4v) is 4.79. The molecular formula is C23H28N4O5S. The number of esters is 1. The third kappa shape index (κ3) is 6.70. The number of amides is 1. The molecule has 0 bridgehead atoms. The van der Waals surface area contributed by atoms with Crippen LogP contribution in [0.25, 0.3) is 0 Å². The minimum absolute atomic E-state index is 0.126. The Hall–Kier alpha value is -3.08. The Kier molecular flexibility index (Phi) is 7.96. The van der Waals surface area contributed by atoms with Crippen molar-refractivity contribution in [1.29, 1.82) is 0 Å². The molecule has 1 heterocycles. The number of carbonyl (C=O) groups is 2. The number of nitrogens with zero attached hydrogens (tertiary/aromatic N) is 3. The molecule has 0 aromatic heterocycles. The number of hydrazone groups is 1. The van der Waals surface area contributed by atoms with Crippen molar-refractivity contribution in [3.05, 3.63) is 59.7 Å². The van der Waals surface area contributed by atoms with E-state index in [4.69, 9.17) is 4.74 Å². The van der Waals surface area contributed by atoms with Gasteiger partial charge in [-0.3, -0.25) is 14.5 Å². The van der Waals surface area contributed by atoms with E-state index in [2.05, 4.69) is 10.5 Å². The predicted octanol–water partition coefficient (Wildman–Crippen LogP) is 1.77. The van der Waals surface area contributed by atoms with Crippen LogP contribution >= 0.6 is 0 Å². The molecule has 1 aliphatic heterocycles. The molecule has 0 atom stereocenters. The maximum Gasteiger partial charge on any atom is 0.308 e. The highest BCUT2D eigenvalue weighted by atomic mass is 32.2. The van der Waals surface area contributed by atoms with Gasteiger partial charge in [-0.2, -0.15) is 9.41 Å². The van der Waals surface area contributed by atoms with Gasteiger partial charge < -0.3 is 4.74 Å². The molecule has 1 amide bonds. The van der Waals surface area contributed by atoms with E-state index in [1.54, 1.807) is 55.5 Å². The van der Waals surface area contributed by atoms with E-state index in [1.807, 2.05) is 11.8 Å². The van der Waals surface area contributed by atoms with Crippen molar-refractivity contribution < 1.29 is 22.7 Å². The highest BCUT2D eigenvalue weighted by molar-refractivity contribution is 7.89. The Labute approximate surface area is 194 Å². The van der Waals surface area contributed by atoms with Crippen molar-refractivity contribution >= 4 is 27.6 Å². The van der Waals surface area contributed by atoms with Crippen LogP contribution in [-0.4, -0.2) is 67.9 Å². The van der Waals surface area contributed by atoms with E-state index < -0.39 is 16.0 Å². The number of sulfonamides is 1. The Balaban J connectivity index is 1.49. The standard InChI is InChI=1S/C23H28N4O5S/c1-17-4-10-22(11-5-17)33(30,31)27-14-12-26(13-15-27)16-23(29)25-24-18(2)20-6-8-21(9-7-20)32-19(3)28/h4-11H,12-16H2,1-3H3,(H,25,29)/b24-18-. The van der Waals surface area contributed by atoms with Crippen LogP contribution in [0.3, 0.4) is 0 Å². The minimum Gasteiger partial charge on any atom is -0.427 e. The lowest BCUT2D eigenvalue weighted by Crippen LogP contribution is -2.50. The third-order valence-electron chi connectivity index (χ3n) is 5.24. The average Bonchev–Trinajstić information content (AvgIpc) is 2.78. The molecule has 1 saturated heterocycles. The van der Waals surface area contributed by atoms with Crippen molar-refractivity contribution in [2.45, 2.75) is 25.7 Å². The van der Waals surface area contributed by atoms with Crippen LogP contribution < -0.4 is 10.2 Å².